The number of furan rings is 1. The van der Waals surface area contributed by atoms with Crippen LogP contribution in [0.4, 0.5) is 0 Å². The lowest BCUT2D eigenvalue weighted by Crippen LogP contribution is -2.33. The van der Waals surface area contributed by atoms with E-state index in [1.165, 1.54) is 19.3 Å². The van der Waals surface area contributed by atoms with Crippen LogP contribution in [0.15, 0.2) is 40.8 Å². The average molecular weight is 373 g/mol. The Balaban J connectivity index is 1.41. The van der Waals surface area contributed by atoms with E-state index in [4.69, 9.17) is 18.6 Å². The Hall–Kier alpha value is -2.47. The lowest BCUT2D eigenvalue weighted by molar-refractivity contribution is 0.0413. The van der Waals surface area contributed by atoms with Crippen molar-refractivity contribution in [2.75, 3.05) is 32.8 Å². The fourth-order valence-electron chi connectivity index (χ4n) is 3.04. The van der Waals surface area contributed by atoms with Crippen LogP contribution in [0, 0.1) is 0 Å². The summed E-state index contributed by atoms with van der Waals surface area (Å²) in [6.07, 6.45) is 3.75. The normalized spacial score (nSPS) is 14.7. The number of hydrogen-bond donors (Lipinski definition) is 0. The van der Waals surface area contributed by atoms with Gasteiger partial charge in [-0.05, 0) is 69.3 Å². The number of hydrogen-bond acceptors (Lipinski definition) is 6. The molecule has 0 N–H and O–H groups in total. The summed E-state index contributed by atoms with van der Waals surface area (Å²) in [4.78, 5) is 14.4. The van der Waals surface area contributed by atoms with E-state index < -0.39 is 5.97 Å². The van der Waals surface area contributed by atoms with Crippen molar-refractivity contribution in [2.24, 2.45) is 0 Å². The topological polar surface area (TPSA) is 61.1 Å². The molecule has 6 heteroatoms. The van der Waals surface area contributed by atoms with Crippen LogP contribution in [0.25, 0.3) is 0 Å². The first kappa shape index (κ1) is 19.3. The Morgan fingerprint density at radius 3 is 2.41 bits per heavy atom. The third-order valence-electron chi connectivity index (χ3n) is 4.47. The molecule has 1 aliphatic heterocycles. The van der Waals surface area contributed by atoms with Crippen LogP contribution in [-0.2, 0) is 11.3 Å². The van der Waals surface area contributed by atoms with Crippen molar-refractivity contribution in [1.82, 2.24) is 4.90 Å². The Kier molecular flexibility index (Phi) is 7.16. The monoisotopic (exact) mass is 373 g/mol. The molecule has 2 heterocycles. The van der Waals surface area contributed by atoms with E-state index in [1.54, 1.807) is 12.1 Å². The Morgan fingerprint density at radius 1 is 1.00 bits per heavy atom. The summed E-state index contributed by atoms with van der Waals surface area (Å²) in [6.45, 7) is 6.16. The molecule has 1 saturated heterocycles. The second kappa shape index (κ2) is 10.0. The molecular weight excluding hydrogens is 346 g/mol. The molecule has 146 valence electrons. The minimum atomic E-state index is -0.431. The van der Waals surface area contributed by atoms with Crippen LogP contribution in [0.2, 0.25) is 0 Å². The summed E-state index contributed by atoms with van der Waals surface area (Å²) in [5.74, 6) is 1.86. The third-order valence-corrected chi connectivity index (χ3v) is 4.47. The van der Waals surface area contributed by atoms with Crippen molar-refractivity contribution in [3.63, 3.8) is 0 Å². The molecule has 1 aromatic heterocycles. The Bertz CT molecular complexity index is 704. The van der Waals surface area contributed by atoms with Gasteiger partial charge in [-0.1, -0.05) is 6.42 Å². The van der Waals surface area contributed by atoms with Gasteiger partial charge in [0.05, 0.1) is 6.61 Å². The molecule has 2 aromatic rings. The van der Waals surface area contributed by atoms with Gasteiger partial charge in [-0.3, -0.25) is 4.90 Å². The minimum Gasteiger partial charge on any atom is -0.494 e. The quantitative estimate of drug-likeness (QED) is 0.621. The van der Waals surface area contributed by atoms with E-state index in [9.17, 15) is 4.79 Å². The lowest BCUT2D eigenvalue weighted by atomic mass is 10.1. The largest absolute Gasteiger partial charge is 0.494 e. The summed E-state index contributed by atoms with van der Waals surface area (Å²) in [5.41, 5.74) is 0. The number of ether oxygens (including phenoxy) is 3. The highest BCUT2D eigenvalue weighted by atomic mass is 16.5. The fourth-order valence-corrected chi connectivity index (χ4v) is 3.04. The van der Waals surface area contributed by atoms with Crippen molar-refractivity contribution in [3.8, 4) is 11.5 Å². The molecule has 0 spiro atoms. The molecule has 0 amide bonds. The predicted molar refractivity (Wildman–Crippen MR) is 101 cm³/mol. The zero-order chi connectivity index (χ0) is 18.9. The van der Waals surface area contributed by atoms with Crippen molar-refractivity contribution >= 4 is 5.97 Å². The first-order chi connectivity index (χ1) is 13.2. The smallest absolute Gasteiger partial charge is 0.374 e. The summed E-state index contributed by atoms with van der Waals surface area (Å²) < 4.78 is 21.9. The van der Waals surface area contributed by atoms with Gasteiger partial charge in [-0.15, -0.1) is 0 Å². The van der Waals surface area contributed by atoms with Crippen LogP contribution in [-0.4, -0.2) is 43.7 Å². The van der Waals surface area contributed by atoms with Gasteiger partial charge in [0.1, 0.15) is 30.5 Å². The van der Waals surface area contributed by atoms with E-state index >= 15 is 0 Å². The summed E-state index contributed by atoms with van der Waals surface area (Å²) in [6, 6.07) is 10.7. The fraction of sp³-hybridized carbons (Fsp3) is 0.476. The van der Waals surface area contributed by atoms with Gasteiger partial charge >= 0.3 is 5.97 Å². The SMILES string of the molecule is CCOc1ccc(OCc2ccc(C(=O)OCCN3CCCCC3)o2)cc1. The Labute approximate surface area is 160 Å². The van der Waals surface area contributed by atoms with Gasteiger partial charge in [-0.2, -0.15) is 0 Å². The molecular formula is C21H27NO5. The van der Waals surface area contributed by atoms with Crippen molar-refractivity contribution in [1.29, 1.82) is 0 Å². The standard InChI is InChI=1S/C21H27NO5/c1-2-24-17-6-8-18(9-7-17)26-16-19-10-11-20(27-19)21(23)25-15-14-22-12-4-3-5-13-22/h6-11H,2-5,12-16H2,1H3. The maximum Gasteiger partial charge on any atom is 0.374 e. The van der Waals surface area contributed by atoms with E-state index in [1.807, 2.05) is 31.2 Å². The van der Waals surface area contributed by atoms with Gasteiger partial charge in [0.15, 0.2) is 0 Å². The van der Waals surface area contributed by atoms with Gasteiger partial charge in [0, 0.05) is 6.54 Å². The van der Waals surface area contributed by atoms with Crippen LogP contribution < -0.4 is 9.47 Å². The molecule has 27 heavy (non-hydrogen) atoms. The van der Waals surface area contributed by atoms with Gasteiger partial charge < -0.3 is 18.6 Å². The number of esters is 1. The van der Waals surface area contributed by atoms with Crippen LogP contribution >= 0.6 is 0 Å². The van der Waals surface area contributed by atoms with Crippen LogP contribution in [0.1, 0.15) is 42.5 Å². The molecule has 0 atom stereocenters. The highest BCUT2D eigenvalue weighted by Gasteiger charge is 2.15. The van der Waals surface area contributed by atoms with Crippen molar-refractivity contribution < 1.29 is 23.4 Å². The van der Waals surface area contributed by atoms with E-state index in [0.29, 0.717) is 24.7 Å². The molecule has 1 aromatic carbocycles. The summed E-state index contributed by atoms with van der Waals surface area (Å²) in [5, 5.41) is 0. The summed E-state index contributed by atoms with van der Waals surface area (Å²) >= 11 is 0. The van der Waals surface area contributed by atoms with Gasteiger partial charge in [-0.25, -0.2) is 4.79 Å². The number of carbonyl (C=O) groups is 1. The number of carbonyl (C=O) groups excluding carboxylic acids is 1. The van der Waals surface area contributed by atoms with Crippen molar-refractivity contribution in [3.05, 3.63) is 47.9 Å². The van der Waals surface area contributed by atoms with Gasteiger partial charge in [0.25, 0.3) is 0 Å². The van der Waals surface area contributed by atoms with Crippen molar-refractivity contribution in [2.45, 2.75) is 32.8 Å². The van der Waals surface area contributed by atoms with E-state index in [-0.39, 0.29) is 12.4 Å². The lowest BCUT2D eigenvalue weighted by Gasteiger charge is -2.25. The number of piperidine rings is 1. The molecule has 0 bridgehead atoms. The third kappa shape index (κ3) is 6.03. The maximum absolute atomic E-state index is 12.1. The molecule has 0 aliphatic carbocycles. The molecule has 6 nitrogen and oxygen atoms in total. The zero-order valence-electron chi connectivity index (χ0n) is 15.8. The number of rotatable bonds is 9. The molecule has 0 unspecified atom stereocenters. The minimum absolute atomic E-state index is 0.207. The van der Waals surface area contributed by atoms with Gasteiger partial charge in [0.2, 0.25) is 5.76 Å². The molecule has 0 saturated carbocycles. The van der Waals surface area contributed by atoms with Crippen LogP contribution in [0.3, 0.4) is 0 Å². The molecule has 3 rings (SSSR count). The average Bonchev–Trinajstić information content (AvgIpc) is 3.18. The second-order valence-corrected chi connectivity index (χ2v) is 6.50. The number of nitrogens with zero attached hydrogens (tertiary/aromatic N) is 1. The van der Waals surface area contributed by atoms with E-state index in [2.05, 4.69) is 4.90 Å². The number of benzene rings is 1. The Morgan fingerprint density at radius 2 is 1.70 bits per heavy atom. The molecule has 0 radical (unpaired) electrons. The highest BCUT2D eigenvalue weighted by Crippen LogP contribution is 2.19. The predicted octanol–water partition coefficient (Wildman–Crippen LogP) is 3.90. The molecule has 1 fully saturated rings. The number of likely N-dealkylation sites (tertiary alicyclic amines) is 1. The zero-order valence-corrected chi connectivity index (χ0v) is 15.8. The highest BCUT2D eigenvalue weighted by molar-refractivity contribution is 5.86. The van der Waals surface area contributed by atoms with Crippen LogP contribution in [0.5, 0.6) is 11.5 Å². The van der Waals surface area contributed by atoms with E-state index in [0.717, 1.165) is 25.4 Å². The first-order valence-corrected chi connectivity index (χ1v) is 9.58. The summed E-state index contributed by atoms with van der Waals surface area (Å²) in [7, 11) is 0. The molecule has 1 aliphatic rings. The first-order valence-electron chi connectivity index (χ1n) is 9.58. The maximum atomic E-state index is 12.1. The second-order valence-electron chi connectivity index (χ2n) is 6.50.